The summed E-state index contributed by atoms with van der Waals surface area (Å²) in [6.07, 6.45) is 5.89. The zero-order valence-corrected chi connectivity index (χ0v) is 15.4. The first-order valence-electron chi connectivity index (χ1n) is 8.55. The smallest absolute Gasteiger partial charge is 0.358 e. The summed E-state index contributed by atoms with van der Waals surface area (Å²) in [5.74, 6) is 0.627. The first kappa shape index (κ1) is 18.4. The number of aryl methyl sites for hydroxylation is 1. The average molecular weight is 377 g/mol. The van der Waals surface area contributed by atoms with Gasteiger partial charge in [0.25, 0.3) is 0 Å². The predicted molar refractivity (Wildman–Crippen MR) is 97.2 cm³/mol. The molecule has 2 bridgehead atoms. The van der Waals surface area contributed by atoms with Crippen molar-refractivity contribution in [2.24, 2.45) is 40.3 Å². The fourth-order valence-electron chi connectivity index (χ4n) is 3.99. The van der Waals surface area contributed by atoms with Gasteiger partial charge < -0.3 is 11.5 Å². The molecule has 7 nitrogen and oxygen atoms in total. The number of carbonyl (C=O) groups excluding carboxylic acids is 1. The molecular weight excluding hydrogens is 354 g/mol. The summed E-state index contributed by atoms with van der Waals surface area (Å²) >= 11 is 0. The number of nitrogens with zero attached hydrogens (tertiary/aromatic N) is 1. The molecular formula is C18H23N3O4S. The third-order valence-corrected chi connectivity index (χ3v) is 6.36. The van der Waals surface area contributed by atoms with Crippen molar-refractivity contribution in [3.8, 4) is 0 Å². The minimum Gasteiger partial charge on any atom is -0.384 e. The highest BCUT2D eigenvalue weighted by Gasteiger charge is 2.45. The number of allylic oxidation sites excluding steroid dienone is 2. The number of benzene rings is 1. The van der Waals surface area contributed by atoms with Crippen LogP contribution in [0.3, 0.4) is 0 Å². The van der Waals surface area contributed by atoms with Crippen molar-refractivity contribution < 1.29 is 17.5 Å². The van der Waals surface area contributed by atoms with E-state index in [-0.39, 0.29) is 28.5 Å². The van der Waals surface area contributed by atoms with E-state index in [1.165, 1.54) is 12.1 Å². The fourth-order valence-corrected chi connectivity index (χ4v) is 4.74. The van der Waals surface area contributed by atoms with Crippen molar-refractivity contribution in [1.29, 1.82) is 0 Å². The highest BCUT2D eigenvalue weighted by atomic mass is 32.2. The zero-order chi connectivity index (χ0) is 18.9. The third-order valence-electron chi connectivity index (χ3n) is 5.24. The van der Waals surface area contributed by atoms with Crippen LogP contribution in [0.5, 0.6) is 0 Å². The van der Waals surface area contributed by atoms with Crippen LogP contribution in [0.25, 0.3) is 0 Å². The summed E-state index contributed by atoms with van der Waals surface area (Å²) in [7, 11) is -4.00. The van der Waals surface area contributed by atoms with Crippen LogP contribution >= 0.6 is 0 Å². The van der Waals surface area contributed by atoms with E-state index in [0.717, 1.165) is 12.0 Å². The molecule has 0 saturated heterocycles. The van der Waals surface area contributed by atoms with Crippen molar-refractivity contribution in [2.75, 3.05) is 0 Å². The van der Waals surface area contributed by atoms with Crippen LogP contribution in [0.4, 0.5) is 0 Å². The molecule has 4 atom stereocenters. The first-order valence-corrected chi connectivity index (χ1v) is 9.96. The van der Waals surface area contributed by atoms with Gasteiger partial charge in [0.15, 0.2) is 0 Å². The molecule has 26 heavy (non-hydrogen) atoms. The zero-order valence-electron chi connectivity index (χ0n) is 14.5. The van der Waals surface area contributed by atoms with Gasteiger partial charge in [0.2, 0.25) is 5.91 Å². The van der Waals surface area contributed by atoms with Gasteiger partial charge in [0, 0.05) is 12.8 Å². The molecule has 0 aromatic heterocycles. The lowest BCUT2D eigenvalue weighted by atomic mass is 9.79. The van der Waals surface area contributed by atoms with Gasteiger partial charge in [-0.3, -0.25) is 9.08 Å². The summed E-state index contributed by atoms with van der Waals surface area (Å²) in [6.45, 7) is 1.86. The molecule has 1 amide bonds. The molecule has 0 aliphatic heterocycles. The SMILES string of the molecule is Cc1ccc(S(=O)(=O)ON=C(N)CC2C3C=CC(C3)C2CC(N)=O)cc1. The van der Waals surface area contributed by atoms with E-state index in [1.54, 1.807) is 12.1 Å². The second kappa shape index (κ2) is 7.11. The van der Waals surface area contributed by atoms with Gasteiger partial charge in [-0.15, -0.1) is 0 Å². The molecule has 3 rings (SSSR count). The van der Waals surface area contributed by atoms with Gasteiger partial charge in [-0.25, -0.2) is 0 Å². The second-order valence-electron chi connectivity index (χ2n) is 7.07. The molecule has 2 aliphatic carbocycles. The van der Waals surface area contributed by atoms with Crippen LogP contribution in [0, 0.1) is 30.6 Å². The molecule has 0 spiro atoms. The molecule has 8 heteroatoms. The Bertz CT molecular complexity index is 846. The number of amides is 1. The number of hydrogen-bond acceptors (Lipinski definition) is 5. The Labute approximate surface area is 153 Å². The number of fused-ring (bicyclic) bond motifs is 2. The lowest BCUT2D eigenvalue weighted by molar-refractivity contribution is -0.119. The Hall–Kier alpha value is -2.35. The summed E-state index contributed by atoms with van der Waals surface area (Å²) < 4.78 is 29.1. The van der Waals surface area contributed by atoms with Gasteiger partial charge in [-0.1, -0.05) is 35.0 Å². The van der Waals surface area contributed by atoms with E-state index >= 15 is 0 Å². The van der Waals surface area contributed by atoms with Gasteiger partial charge in [-0.2, -0.15) is 8.42 Å². The van der Waals surface area contributed by atoms with E-state index in [0.29, 0.717) is 24.7 Å². The minimum absolute atomic E-state index is 0.0223. The minimum atomic E-state index is -4.00. The predicted octanol–water partition coefficient (Wildman–Crippen LogP) is 1.68. The topological polar surface area (TPSA) is 125 Å². The number of amidine groups is 1. The summed E-state index contributed by atoms with van der Waals surface area (Å²) in [5, 5.41) is 3.62. The Balaban J connectivity index is 1.67. The van der Waals surface area contributed by atoms with E-state index in [4.69, 9.17) is 15.8 Å². The fraction of sp³-hybridized carbons (Fsp3) is 0.444. The van der Waals surface area contributed by atoms with Crippen molar-refractivity contribution in [3.63, 3.8) is 0 Å². The van der Waals surface area contributed by atoms with Gasteiger partial charge >= 0.3 is 10.1 Å². The van der Waals surface area contributed by atoms with Crippen molar-refractivity contribution in [2.45, 2.75) is 31.1 Å². The Morgan fingerprint density at radius 3 is 2.27 bits per heavy atom. The Morgan fingerprint density at radius 1 is 1.12 bits per heavy atom. The quantitative estimate of drug-likeness (QED) is 0.324. The second-order valence-corrected chi connectivity index (χ2v) is 8.60. The lowest BCUT2D eigenvalue weighted by Gasteiger charge is -2.26. The molecule has 0 radical (unpaired) electrons. The van der Waals surface area contributed by atoms with Gasteiger partial charge in [-0.05, 0) is 49.1 Å². The Kier molecular flexibility index (Phi) is 5.04. The largest absolute Gasteiger partial charge is 0.384 e. The van der Waals surface area contributed by atoms with Crippen LogP contribution in [0.2, 0.25) is 0 Å². The third kappa shape index (κ3) is 3.90. The van der Waals surface area contributed by atoms with Gasteiger partial charge in [0.1, 0.15) is 10.7 Å². The molecule has 2 aliphatic rings. The van der Waals surface area contributed by atoms with E-state index < -0.39 is 10.1 Å². The van der Waals surface area contributed by atoms with Gasteiger partial charge in [0.05, 0.1) is 0 Å². The molecule has 1 fully saturated rings. The van der Waals surface area contributed by atoms with Crippen molar-refractivity contribution in [1.82, 2.24) is 0 Å². The lowest BCUT2D eigenvalue weighted by Crippen LogP contribution is -2.29. The molecule has 1 aromatic carbocycles. The molecule has 140 valence electrons. The maximum absolute atomic E-state index is 12.2. The van der Waals surface area contributed by atoms with E-state index in [9.17, 15) is 13.2 Å². The molecule has 1 saturated carbocycles. The maximum Gasteiger partial charge on any atom is 0.358 e. The maximum atomic E-state index is 12.2. The highest BCUT2D eigenvalue weighted by molar-refractivity contribution is 7.86. The van der Waals surface area contributed by atoms with E-state index in [2.05, 4.69) is 17.3 Å². The number of carbonyl (C=O) groups is 1. The number of hydrogen-bond donors (Lipinski definition) is 2. The van der Waals surface area contributed by atoms with Crippen molar-refractivity contribution >= 4 is 21.9 Å². The highest BCUT2D eigenvalue weighted by Crippen LogP contribution is 2.50. The van der Waals surface area contributed by atoms with Crippen LogP contribution < -0.4 is 11.5 Å². The molecule has 0 heterocycles. The average Bonchev–Trinajstić information content (AvgIpc) is 3.16. The van der Waals surface area contributed by atoms with Crippen LogP contribution in [0.1, 0.15) is 24.8 Å². The summed E-state index contributed by atoms with van der Waals surface area (Å²) in [5.41, 5.74) is 12.2. The number of rotatable bonds is 7. The monoisotopic (exact) mass is 377 g/mol. The normalized spacial score (nSPS) is 27.7. The van der Waals surface area contributed by atoms with E-state index in [1.807, 2.05) is 6.92 Å². The van der Waals surface area contributed by atoms with Crippen molar-refractivity contribution in [3.05, 3.63) is 42.0 Å². The first-order chi connectivity index (χ1) is 12.3. The summed E-state index contributed by atoms with van der Waals surface area (Å²) in [4.78, 5) is 11.4. The number of primary amides is 1. The molecule has 4 unspecified atom stereocenters. The van der Waals surface area contributed by atoms with Crippen LogP contribution in [-0.2, 0) is 19.2 Å². The number of nitrogens with two attached hydrogens (primary N) is 2. The summed E-state index contributed by atoms with van der Waals surface area (Å²) in [6, 6.07) is 6.28. The number of oxime groups is 1. The standard InChI is InChI=1S/C18H23N3O4S/c1-11-2-6-14(7-3-11)26(23,24)25-21-17(19)9-15-12-4-5-13(8-12)16(15)10-18(20)22/h2-7,12-13,15-16H,8-10H2,1H3,(H2,19,21)(H2,20,22). The molecule has 4 N–H and O–H groups in total. The van der Waals surface area contributed by atoms with Crippen LogP contribution in [-0.4, -0.2) is 20.2 Å². The Morgan fingerprint density at radius 2 is 1.69 bits per heavy atom. The molecule has 1 aromatic rings. The van der Waals surface area contributed by atoms with Crippen LogP contribution in [0.15, 0.2) is 46.5 Å².